The van der Waals surface area contributed by atoms with Crippen LogP contribution in [0.4, 0.5) is 17.1 Å². The molecule has 2 aromatic carbocycles. The van der Waals surface area contributed by atoms with Gasteiger partial charge in [-0.3, -0.25) is 9.59 Å². The fourth-order valence-corrected chi connectivity index (χ4v) is 2.25. The second-order valence-electron chi connectivity index (χ2n) is 5.90. The van der Waals surface area contributed by atoms with E-state index in [0.29, 0.717) is 12.3 Å². The maximum absolute atomic E-state index is 12.1. The molecule has 0 heterocycles. The van der Waals surface area contributed by atoms with E-state index in [4.69, 9.17) is 4.74 Å². The van der Waals surface area contributed by atoms with Crippen LogP contribution in [-0.2, 0) is 9.59 Å². The second-order valence-corrected chi connectivity index (χ2v) is 5.90. The molecule has 0 aliphatic rings. The minimum absolute atomic E-state index is 0.0452. The number of carbonyl (C=O) groups excluding carboxylic acids is 2. The first-order valence-electron chi connectivity index (χ1n) is 8.60. The van der Waals surface area contributed by atoms with Crippen molar-refractivity contribution < 1.29 is 14.3 Å². The van der Waals surface area contributed by atoms with Crippen LogP contribution >= 0.6 is 0 Å². The maximum atomic E-state index is 12.1. The zero-order valence-corrected chi connectivity index (χ0v) is 15.4. The molecule has 2 rings (SSSR count). The Morgan fingerprint density at radius 2 is 1.81 bits per heavy atom. The van der Waals surface area contributed by atoms with Gasteiger partial charge in [0.1, 0.15) is 5.75 Å². The number of nitrogens with one attached hydrogen (secondary N) is 2. The van der Waals surface area contributed by atoms with Gasteiger partial charge in [0.05, 0.1) is 13.2 Å². The molecular formula is C20H25N3O3. The van der Waals surface area contributed by atoms with Gasteiger partial charge < -0.3 is 20.3 Å². The van der Waals surface area contributed by atoms with Crippen LogP contribution in [0.1, 0.15) is 20.3 Å². The number of anilines is 3. The molecule has 0 spiro atoms. The quantitative estimate of drug-likeness (QED) is 0.760. The SMILES string of the molecule is CCCOc1cccc(NCC(=O)Nc2ccc(N(C)C(C)=O)cc2)c1. The molecule has 6 nitrogen and oxygen atoms in total. The summed E-state index contributed by atoms with van der Waals surface area (Å²) in [5.74, 6) is 0.580. The Balaban J connectivity index is 1.86. The molecule has 0 atom stereocenters. The van der Waals surface area contributed by atoms with Crippen molar-refractivity contribution in [1.82, 2.24) is 0 Å². The molecule has 2 amide bonds. The lowest BCUT2D eigenvalue weighted by molar-refractivity contribution is -0.116. The van der Waals surface area contributed by atoms with Crippen LogP contribution in [-0.4, -0.2) is 32.0 Å². The molecule has 0 saturated heterocycles. The number of ether oxygens (including phenoxy) is 1. The van der Waals surface area contributed by atoms with Crippen molar-refractivity contribution >= 4 is 28.9 Å². The van der Waals surface area contributed by atoms with Gasteiger partial charge in [0.2, 0.25) is 11.8 Å². The van der Waals surface area contributed by atoms with E-state index in [1.54, 1.807) is 36.2 Å². The lowest BCUT2D eigenvalue weighted by Crippen LogP contribution is -2.23. The Kier molecular flexibility index (Phi) is 7.02. The van der Waals surface area contributed by atoms with Crippen LogP contribution in [0.3, 0.4) is 0 Å². The van der Waals surface area contributed by atoms with Crippen LogP contribution in [0.5, 0.6) is 5.75 Å². The molecule has 2 N–H and O–H groups in total. The third-order valence-electron chi connectivity index (χ3n) is 3.77. The van der Waals surface area contributed by atoms with Gasteiger partial charge in [-0.15, -0.1) is 0 Å². The van der Waals surface area contributed by atoms with Crippen LogP contribution in [0.15, 0.2) is 48.5 Å². The van der Waals surface area contributed by atoms with Crippen molar-refractivity contribution in [3.05, 3.63) is 48.5 Å². The van der Waals surface area contributed by atoms with Gasteiger partial charge in [-0.25, -0.2) is 0 Å². The van der Waals surface area contributed by atoms with Crippen LogP contribution in [0.25, 0.3) is 0 Å². The fraction of sp³-hybridized carbons (Fsp3) is 0.300. The van der Waals surface area contributed by atoms with E-state index in [2.05, 4.69) is 17.6 Å². The first-order valence-corrected chi connectivity index (χ1v) is 8.60. The number of amides is 2. The van der Waals surface area contributed by atoms with E-state index < -0.39 is 0 Å². The lowest BCUT2D eigenvalue weighted by Gasteiger charge is -2.15. The predicted molar refractivity (Wildman–Crippen MR) is 105 cm³/mol. The third-order valence-corrected chi connectivity index (χ3v) is 3.77. The summed E-state index contributed by atoms with van der Waals surface area (Å²) < 4.78 is 5.58. The van der Waals surface area contributed by atoms with Crippen molar-refractivity contribution in [3.8, 4) is 5.75 Å². The fourth-order valence-electron chi connectivity index (χ4n) is 2.25. The smallest absolute Gasteiger partial charge is 0.243 e. The molecule has 0 radical (unpaired) electrons. The van der Waals surface area contributed by atoms with Crippen molar-refractivity contribution in [2.45, 2.75) is 20.3 Å². The van der Waals surface area contributed by atoms with Gasteiger partial charge in [-0.2, -0.15) is 0 Å². The van der Waals surface area contributed by atoms with Crippen LogP contribution in [0.2, 0.25) is 0 Å². The topological polar surface area (TPSA) is 70.7 Å². The zero-order chi connectivity index (χ0) is 18.9. The highest BCUT2D eigenvalue weighted by molar-refractivity contribution is 5.94. The zero-order valence-electron chi connectivity index (χ0n) is 15.4. The van der Waals surface area contributed by atoms with E-state index in [1.165, 1.54) is 6.92 Å². The summed E-state index contributed by atoms with van der Waals surface area (Å²) in [5, 5.41) is 5.90. The Bertz CT molecular complexity index is 744. The van der Waals surface area contributed by atoms with Crippen molar-refractivity contribution in [2.75, 3.05) is 35.7 Å². The van der Waals surface area contributed by atoms with E-state index >= 15 is 0 Å². The minimum Gasteiger partial charge on any atom is -0.494 e. The molecule has 6 heteroatoms. The van der Waals surface area contributed by atoms with E-state index in [1.807, 2.05) is 24.3 Å². The molecule has 2 aromatic rings. The van der Waals surface area contributed by atoms with Gasteiger partial charge in [-0.1, -0.05) is 13.0 Å². The van der Waals surface area contributed by atoms with E-state index in [9.17, 15) is 9.59 Å². The average molecular weight is 355 g/mol. The maximum Gasteiger partial charge on any atom is 0.243 e. The number of carbonyl (C=O) groups is 2. The van der Waals surface area contributed by atoms with Crippen molar-refractivity contribution in [2.24, 2.45) is 0 Å². The Morgan fingerprint density at radius 1 is 1.08 bits per heavy atom. The van der Waals surface area contributed by atoms with Gasteiger partial charge in [0.25, 0.3) is 0 Å². The monoisotopic (exact) mass is 355 g/mol. The number of hydrogen-bond donors (Lipinski definition) is 2. The molecule has 0 fully saturated rings. The van der Waals surface area contributed by atoms with Gasteiger partial charge in [-0.05, 0) is 42.8 Å². The van der Waals surface area contributed by atoms with Crippen molar-refractivity contribution in [1.29, 1.82) is 0 Å². The molecule has 138 valence electrons. The summed E-state index contributed by atoms with van der Waals surface area (Å²) in [7, 11) is 1.71. The van der Waals surface area contributed by atoms with E-state index in [0.717, 1.165) is 23.5 Å². The number of benzene rings is 2. The highest BCUT2D eigenvalue weighted by Crippen LogP contribution is 2.18. The first kappa shape index (κ1) is 19.3. The molecule has 0 aromatic heterocycles. The van der Waals surface area contributed by atoms with Gasteiger partial charge in [0, 0.05) is 37.1 Å². The van der Waals surface area contributed by atoms with E-state index in [-0.39, 0.29) is 18.4 Å². The van der Waals surface area contributed by atoms with Crippen LogP contribution in [0, 0.1) is 0 Å². The molecular weight excluding hydrogens is 330 g/mol. The van der Waals surface area contributed by atoms with Crippen LogP contribution < -0.4 is 20.3 Å². The highest BCUT2D eigenvalue weighted by atomic mass is 16.5. The Labute approximate surface area is 154 Å². The average Bonchev–Trinajstić information content (AvgIpc) is 2.65. The van der Waals surface area contributed by atoms with Gasteiger partial charge >= 0.3 is 0 Å². The summed E-state index contributed by atoms with van der Waals surface area (Å²) in [6.07, 6.45) is 0.945. The minimum atomic E-state index is -0.155. The summed E-state index contributed by atoms with van der Waals surface area (Å²) in [6.45, 7) is 4.37. The van der Waals surface area contributed by atoms with Crippen molar-refractivity contribution in [3.63, 3.8) is 0 Å². The molecule has 0 aliphatic heterocycles. The predicted octanol–water partition coefficient (Wildman–Crippen LogP) is 3.51. The normalized spacial score (nSPS) is 10.1. The molecule has 0 saturated carbocycles. The molecule has 0 bridgehead atoms. The van der Waals surface area contributed by atoms with Gasteiger partial charge in [0.15, 0.2) is 0 Å². The second kappa shape index (κ2) is 9.46. The number of nitrogens with zero attached hydrogens (tertiary/aromatic N) is 1. The standard InChI is InChI=1S/C20H25N3O3/c1-4-12-26-19-7-5-6-17(13-19)21-14-20(25)22-16-8-10-18(11-9-16)23(3)15(2)24/h5-11,13,21H,4,12,14H2,1-3H3,(H,22,25). The summed E-state index contributed by atoms with van der Waals surface area (Å²) in [5.41, 5.74) is 2.28. The third kappa shape index (κ3) is 5.81. The number of rotatable bonds is 8. The molecule has 0 unspecified atom stereocenters. The molecule has 0 aliphatic carbocycles. The number of hydrogen-bond acceptors (Lipinski definition) is 4. The lowest BCUT2D eigenvalue weighted by atomic mass is 10.2. The largest absolute Gasteiger partial charge is 0.494 e. The summed E-state index contributed by atoms with van der Waals surface area (Å²) in [6, 6.07) is 14.7. The highest BCUT2D eigenvalue weighted by Gasteiger charge is 2.07. The summed E-state index contributed by atoms with van der Waals surface area (Å²) in [4.78, 5) is 25.0. The first-order chi connectivity index (χ1) is 12.5. The Morgan fingerprint density at radius 3 is 2.46 bits per heavy atom. The molecule has 26 heavy (non-hydrogen) atoms. The summed E-state index contributed by atoms with van der Waals surface area (Å²) >= 11 is 0. The Hall–Kier alpha value is -3.02.